The number of hydrogen-bond acceptors (Lipinski definition) is 1. The van der Waals surface area contributed by atoms with Crippen molar-refractivity contribution < 1.29 is 18.7 Å². The van der Waals surface area contributed by atoms with Gasteiger partial charge >= 0.3 is 7.60 Å². The molecule has 1 heterocycles. The van der Waals surface area contributed by atoms with Crippen LogP contribution in [0.1, 0.15) is 0 Å². The zero-order valence-corrected chi connectivity index (χ0v) is 8.78. The van der Waals surface area contributed by atoms with Gasteiger partial charge in [0, 0.05) is 18.0 Å². The lowest BCUT2D eigenvalue weighted by molar-refractivity contribution is 0.385. The van der Waals surface area contributed by atoms with E-state index in [0.29, 0.717) is 10.9 Å². The van der Waals surface area contributed by atoms with Crippen LogP contribution in [0.3, 0.4) is 0 Å². The van der Waals surface area contributed by atoms with Gasteiger partial charge in [-0.15, -0.1) is 0 Å². The fourth-order valence-corrected chi connectivity index (χ4v) is 2.39. The van der Waals surface area contributed by atoms with Crippen LogP contribution in [-0.2, 0) is 11.6 Å². The van der Waals surface area contributed by atoms with Crippen LogP contribution in [0.15, 0.2) is 24.3 Å². The lowest BCUT2D eigenvalue weighted by Crippen LogP contribution is -2.12. The molecule has 15 heavy (non-hydrogen) atoms. The fourth-order valence-electron chi connectivity index (χ4n) is 1.59. The van der Waals surface area contributed by atoms with Crippen LogP contribution in [0.5, 0.6) is 0 Å². The monoisotopic (exact) mass is 229 g/mol. The molecule has 0 fully saturated rings. The third-order valence-corrected chi connectivity index (χ3v) is 3.30. The molecule has 2 aromatic rings. The summed E-state index contributed by atoms with van der Waals surface area (Å²) < 4.78 is 25.3. The molecule has 0 atom stereocenters. The van der Waals surface area contributed by atoms with Crippen molar-refractivity contribution in [3.8, 4) is 0 Å². The molecule has 80 valence electrons. The van der Waals surface area contributed by atoms with Crippen LogP contribution >= 0.6 is 7.60 Å². The number of rotatable bonds is 1. The lowest BCUT2D eigenvalue weighted by atomic mass is 10.2. The number of aryl methyl sites for hydroxylation is 1. The number of nitrogens with zero attached hydrogens (tertiary/aromatic N) is 1. The van der Waals surface area contributed by atoms with Gasteiger partial charge in [0.05, 0.1) is 0 Å². The van der Waals surface area contributed by atoms with Crippen molar-refractivity contribution in [3.05, 3.63) is 30.1 Å². The van der Waals surface area contributed by atoms with E-state index in [1.165, 1.54) is 35.9 Å². The molecule has 0 spiro atoms. The molecule has 2 N–H and O–H groups in total. The Labute approximate surface area is 85.1 Å². The summed E-state index contributed by atoms with van der Waals surface area (Å²) in [5.74, 6) is -0.426. The highest BCUT2D eigenvalue weighted by Gasteiger charge is 2.22. The number of hydrogen-bond donors (Lipinski definition) is 2. The summed E-state index contributed by atoms with van der Waals surface area (Å²) in [6.07, 6.45) is 0. The first-order valence-electron chi connectivity index (χ1n) is 4.20. The van der Waals surface area contributed by atoms with E-state index in [-0.39, 0.29) is 5.44 Å². The van der Waals surface area contributed by atoms with Crippen LogP contribution in [-0.4, -0.2) is 14.4 Å². The zero-order chi connectivity index (χ0) is 11.2. The highest BCUT2D eigenvalue weighted by molar-refractivity contribution is 7.60. The van der Waals surface area contributed by atoms with Gasteiger partial charge in [-0.1, -0.05) is 0 Å². The second-order valence-corrected chi connectivity index (χ2v) is 4.85. The van der Waals surface area contributed by atoms with Gasteiger partial charge in [0.1, 0.15) is 11.3 Å². The molecule has 0 aliphatic heterocycles. The Hall–Kier alpha value is -1.16. The maximum absolute atomic E-state index is 12.9. The Morgan fingerprint density at radius 3 is 2.60 bits per heavy atom. The van der Waals surface area contributed by atoms with Gasteiger partial charge < -0.3 is 14.4 Å². The molecule has 1 aromatic heterocycles. The molecule has 0 aliphatic rings. The minimum Gasteiger partial charge on any atom is -0.337 e. The second kappa shape index (κ2) is 3.17. The van der Waals surface area contributed by atoms with Gasteiger partial charge in [-0.3, -0.25) is 4.57 Å². The standard InChI is InChI=1S/C9H9FNO3P/c1-11-8-3-2-7(10)4-6(8)5-9(11)15(12,13)14/h2-5H,1H3,(H2,12,13,14). The second-order valence-electron chi connectivity index (χ2n) is 3.31. The van der Waals surface area contributed by atoms with Gasteiger partial charge in [-0.25, -0.2) is 4.39 Å². The Balaban J connectivity index is 2.81. The van der Waals surface area contributed by atoms with E-state index in [0.717, 1.165) is 0 Å². The first-order chi connectivity index (χ1) is 6.89. The van der Waals surface area contributed by atoms with Crippen molar-refractivity contribution in [2.24, 2.45) is 7.05 Å². The molecule has 0 saturated carbocycles. The fraction of sp³-hybridized carbons (Fsp3) is 0.111. The van der Waals surface area contributed by atoms with Crippen LogP contribution in [0, 0.1) is 5.82 Å². The van der Waals surface area contributed by atoms with Crippen LogP contribution in [0.25, 0.3) is 10.9 Å². The molecule has 2 rings (SSSR count). The van der Waals surface area contributed by atoms with Crippen LogP contribution < -0.4 is 5.44 Å². The Kier molecular flexibility index (Phi) is 2.19. The molecule has 4 nitrogen and oxygen atoms in total. The third kappa shape index (κ3) is 1.69. The molecular weight excluding hydrogens is 220 g/mol. The number of benzene rings is 1. The van der Waals surface area contributed by atoms with Crippen molar-refractivity contribution in [2.75, 3.05) is 0 Å². The molecule has 0 bridgehead atoms. The van der Waals surface area contributed by atoms with Crippen LogP contribution in [0.2, 0.25) is 0 Å². The average Bonchev–Trinajstić information content (AvgIpc) is 2.42. The molecule has 6 heteroatoms. The summed E-state index contributed by atoms with van der Waals surface area (Å²) in [6, 6.07) is 5.29. The Morgan fingerprint density at radius 2 is 2.00 bits per heavy atom. The SMILES string of the molecule is Cn1c(P(=O)(O)O)cc2cc(F)ccc21. The predicted molar refractivity (Wildman–Crippen MR) is 54.6 cm³/mol. The molecule has 0 unspecified atom stereocenters. The van der Waals surface area contributed by atoms with Gasteiger partial charge in [0.25, 0.3) is 0 Å². The van der Waals surface area contributed by atoms with Crippen molar-refractivity contribution in [1.29, 1.82) is 0 Å². The maximum Gasteiger partial charge on any atom is 0.372 e. The molecular formula is C9H9FNO3P. The molecule has 0 radical (unpaired) electrons. The molecule has 1 aromatic carbocycles. The van der Waals surface area contributed by atoms with E-state index in [1.807, 2.05) is 0 Å². The molecule has 0 amide bonds. The van der Waals surface area contributed by atoms with Crippen molar-refractivity contribution >= 4 is 23.9 Å². The van der Waals surface area contributed by atoms with Gasteiger partial charge in [0.15, 0.2) is 0 Å². The summed E-state index contributed by atoms with van der Waals surface area (Å²) in [7, 11) is -2.77. The Bertz CT molecular complexity index is 572. The minimum absolute atomic E-state index is 0.108. The van der Waals surface area contributed by atoms with E-state index in [2.05, 4.69) is 0 Å². The topological polar surface area (TPSA) is 62.5 Å². The largest absolute Gasteiger partial charge is 0.372 e. The van der Waals surface area contributed by atoms with Crippen molar-refractivity contribution in [3.63, 3.8) is 0 Å². The summed E-state index contributed by atoms with van der Waals surface area (Å²) >= 11 is 0. The summed E-state index contributed by atoms with van der Waals surface area (Å²) in [6.45, 7) is 0. The summed E-state index contributed by atoms with van der Waals surface area (Å²) in [5, 5.41) is 0.482. The highest BCUT2D eigenvalue weighted by Crippen LogP contribution is 2.35. The minimum atomic E-state index is -4.30. The van der Waals surface area contributed by atoms with E-state index < -0.39 is 13.4 Å². The molecule has 0 aliphatic carbocycles. The van der Waals surface area contributed by atoms with Crippen molar-refractivity contribution in [2.45, 2.75) is 0 Å². The van der Waals surface area contributed by atoms with E-state index in [9.17, 15) is 8.96 Å². The Morgan fingerprint density at radius 1 is 1.33 bits per heavy atom. The number of fused-ring (bicyclic) bond motifs is 1. The smallest absolute Gasteiger partial charge is 0.337 e. The number of halogens is 1. The number of aromatic nitrogens is 1. The predicted octanol–water partition coefficient (Wildman–Crippen LogP) is 1.12. The summed E-state index contributed by atoms with van der Waals surface area (Å²) in [4.78, 5) is 18.1. The summed E-state index contributed by atoms with van der Waals surface area (Å²) in [5.41, 5.74) is 0.484. The van der Waals surface area contributed by atoms with Crippen LogP contribution in [0.4, 0.5) is 4.39 Å². The van der Waals surface area contributed by atoms with Gasteiger partial charge in [0.2, 0.25) is 0 Å². The third-order valence-electron chi connectivity index (χ3n) is 2.28. The van der Waals surface area contributed by atoms with E-state index >= 15 is 0 Å². The quantitative estimate of drug-likeness (QED) is 0.720. The lowest BCUT2D eigenvalue weighted by Gasteiger charge is -2.04. The first kappa shape index (κ1) is 10.4. The van der Waals surface area contributed by atoms with E-state index in [4.69, 9.17) is 9.79 Å². The molecule has 0 saturated heterocycles. The maximum atomic E-state index is 12.9. The van der Waals surface area contributed by atoms with E-state index in [1.54, 1.807) is 0 Å². The van der Waals surface area contributed by atoms with Gasteiger partial charge in [-0.2, -0.15) is 0 Å². The first-order valence-corrected chi connectivity index (χ1v) is 5.82. The van der Waals surface area contributed by atoms with Crippen molar-refractivity contribution in [1.82, 2.24) is 4.57 Å². The van der Waals surface area contributed by atoms with Gasteiger partial charge in [-0.05, 0) is 24.3 Å². The highest BCUT2D eigenvalue weighted by atomic mass is 31.2. The zero-order valence-electron chi connectivity index (χ0n) is 7.88. The average molecular weight is 229 g/mol. The normalized spacial score (nSPS) is 12.3.